The molecule has 1 aromatic carbocycles. The number of aryl methyl sites for hydroxylation is 1. The van der Waals surface area contributed by atoms with E-state index in [4.69, 9.17) is 0 Å². The second-order valence-electron chi connectivity index (χ2n) is 6.75. The number of fused-ring (bicyclic) bond motifs is 1. The minimum Gasteiger partial charge on any atom is -0.406 e. The highest BCUT2D eigenvalue weighted by Crippen LogP contribution is 2.32. The van der Waals surface area contributed by atoms with Gasteiger partial charge in [-0.25, -0.2) is 13.8 Å². The van der Waals surface area contributed by atoms with Crippen LogP contribution in [0.1, 0.15) is 36.1 Å². The van der Waals surface area contributed by atoms with Gasteiger partial charge >= 0.3 is 6.36 Å². The summed E-state index contributed by atoms with van der Waals surface area (Å²) in [6.45, 7) is 2.84. The molecule has 10 heteroatoms. The van der Waals surface area contributed by atoms with Crippen molar-refractivity contribution >= 4 is 5.91 Å². The third-order valence-electron chi connectivity index (χ3n) is 4.34. The van der Waals surface area contributed by atoms with E-state index in [9.17, 15) is 26.7 Å². The first kappa shape index (κ1) is 20.1. The van der Waals surface area contributed by atoms with Gasteiger partial charge < -0.3 is 14.2 Å². The van der Waals surface area contributed by atoms with Gasteiger partial charge in [0.25, 0.3) is 5.91 Å². The maximum absolute atomic E-state index is 13.0. The maximum atomic E-state index is 13.0. The van der Waals surface area contributed by atoms with Crippen molar-refractivity contribution in [1.82, 2.24) is 14.5 Å². The monoisotopic (exact) mass is 403 g/mol. The molecule has 0 radical (unpaired) electrons. The summed E-state index contributed by atoms with van der Waals surface area (Å²) < 4.78 is 68.3. The van der Waals surface area contributed by atoms with E-state index in [1.165, 1.54) is 29.2 Å². The van der Waals surface area contributed by atoms with Crippen molar-refractivity contribution in [1.29, 1.82) is 0 Å². The lowest BCUT2D eigenvalue weighted by Gasteiger charge is -2.17. The van der Waals surface area contributed by atoms with Crippen molar-refractivity contribution < 1.29 is 31.5 Å². The number of hydrogen-bond donors (Lipinski definition) is 0. The fraction of sp³-hybridized carbons (Fsp3) is 0.444. The first-order valence-corrected chi connectivity index (χ1v) is 8.55. The van der Waals surface area contributed by atoms with E-state index in [0.717, 1.165) is 6.92 Å². The summed E-state index contributed by atoms with van der Waals surface area (Å²) in [5.41, 5.74) is 1.71. The Morgan fingerprint density at radius 2 is 1.79 bits per heavy atom. The average molecular weight is 403 g/mol. The molecule has 0 atom stereocenters. The molecule has 5 nitrogen and oxygen atoms in total. The Hall–Kier alpha value is -2.65. The van der Waals surface area contributed by atoms with Gasteiger partial charge in [-0.3, -0.25) is 4.79 Å². The molecule has 0 fully saturated rings. The lowest BCUT2D eigenvalue weighted by molar-refractivity contribution is -0.274. The van der Waals surface area contributed by atoms with Crippen LogP contribution in [0.3, 0.4) is 0 Å². The highest BCUT2D eigenvalue weighted by atomic mass is 19.4. The Morgan fingerprint density at radius 3 is 2.36 bits per heavy atom. The van der Waals surface area contributed by atoms with Crippen LogP contribution in [0.15, 0.2) is 24.3 Å². The predicted octanol–water partition coefficient (Wildman–Crippen LogP) is 4.61. The molecule has 28 heavy (non-hydrogen) atoms. The zero-order valence-electron chi connectivity index (χ0n) is 15.2. The fourth-order valence-electron chi connectivity index (χ4n) is 3.18. The number of ether oxygens (including phenoxy) is 1. The summed E-state index contributed by atoms with van der Waals surface area (Å²) in [5.74, 6) is -3.32. The molecule has 1 amide bonds. The minimum absolute atomic E-state index is 0.151. The molecule has 2 aromatic rings. The Bertz CT molecular complexity index is 869. The summed E-state index contributed by atoms with van der Waals surface area (Å²) in [7, 11) is 0. The van der Waals surface area contributed by atoms with Crippen molar-refractivity contribution in [3.8, 4) is 17.0 Å². The van der Waals surface area contributed by atoms with E-state index in [0.29, 0.717) is 17.0 Å². The average Bonchev–Trinajstić information content (AvgIpc) is 3.02. The molecule has 0 aliphatic carbocycles. The highest BCUT2D eigenvalue weighted by Gasteiger charge is 2.34. The molecule has 3 rings (SSSR count). The summed E-state index contributed by atoms with van der Waals surface area (Å²) in [4.78, 5) is 18.1. The third-order valence-corrected chi connectivity index (χ3v) is 4.34. The number of halogens is 5. The number of carbonyl (C=O) groups excluding carboxylic acids is 1. The zero-order chi connectivity index (χ0) is 20.7. The van der Waals surface area contributed by atoms with Crippen molar-refractivity contribution in [2.75, 3.05) is 6.54 Å². The van der Waals surface area contributed by atoms with E-state index < -0.39 is 12.3 Å². The second kappa shape index (κ2) is 7.06. The number of imidazole rings is 1. The second-order valence-corrected chi connectivity index (χ2v) is 6.75. The maximum Gasteiger partial charge on any atom is 0.573 e. The smallest absolute Gasteiger partial charge is 0.406 e. The van der Waals surface area contributed by atoms with Crippen LogP contribution in [0.5, 0.6) is 5.75 Å². The van der Waals surface area contributed by atoms with Gasteiger partial charge in [-0.2, -0.15) is 0 Å². The van der Waals surface area contributed by atoms with Crippen molar-refractivity contribution in [3.05, 3.63) is 35.8 Å². The van der Waals surface area contributed by atoms with Gasteiger partial charge in [0.1, 0.15) is 5.75 Å². The topological polar surface area (TPSA) is 47.4 Å². The number of alkyl halides is 5. The van der Waals surface area contributed by atoms with Crippen LogP contribution < -0.4 is 4.74 Å². The van der Waals surface area contributed by atoms with Crippen LogP contribution in [0, 0.1) is 6.92 Å². The van der Waals surface area contributed by atoms with Gasteiger partial charge in [-0.1, -0.05) is 0 Å². The molecule has 1 aliphatic heterocycles. The molecule has 2 heterocycles. The number of hydrogen-bond acceptors (Lipinski definition) is 3. The van der Waals surface area contributed by atoms with Crippen LogP contribution in [-0.2, 0) is 6.67 Å². The van der Waals surface area contributed by atoms with Gasteiger partial charge in [0.2, 0.25) is 11.7 Å². The van der Waals surface area contributed by atoms with Crippen LogP contribution in [0.2, 0.25) is 0 Å². The van der Waals surface area contributed by atoms with Gasteiger partial charge in [0.05, 0.1) is 18.1 Å². The Balaban J connectivity index is 1.78. The molecule has 0 unspecified atom stereocenters. The van der Waals surface area contributed by atoms with Gasteiger partial charge in [0.15, 0.2) is 0 Å². The first-order valence-electron chi connectivity index (χ1n) is 8.55. The molecule has 0 saturated carbocycles. The highest BCUT2D eigenvalue weighted by molar-refractivity contribution is 5.94. The number of rotatable bonds is 6. The SMILES string of the molecule is Cc1nc2n(c1-c1ccc(OC(F)(F)F)cc1)CN(CCCC(C)(F)F)C2=O. The molecule has 0 saturated heterocycles. The Kier molecular flexibility index (Phi) is 5.07. The largest absolute Gasteiger partial charge is 0.573 e. The number of benzene rings is 1. The Morgan fingerprint density at radius 1 is 1.14 bits per heavy atom. The molecule has 0 N–H and O–H groups in total. The predicted molar refractivity (Wildman–Crippen MR) is 90.0 cm³/mol. The quantitative estimate of drug-likeness (QED) is 0.662. The number of aromatic nitrogens is 2. The van der Waals surface area contributed by atoms with Crippen molar-refractivity contribution in [2.24, 2.45) is 0 Å². The van der Waals surface area contributed by atoms with Crippen LogP contribution in [-0.4, -0.2) is 39.2 Å². The van der Waals surface area contributed by atoms with Gasteiger partial charge in [0, 0.05) is 18.5 Å². The van der Waals surface area contributed by atoms with E-state index in [2.05, 4.69) is 9.72 Å². The molecule has 152 valence electrons. The number of amides is 1. The zero-order valence-corrected chi connectivity index (χ0v) is 15.2. The molecular formula is C18H18F5N3O2. The van der Waals surface area contributed by atoms with Crippen LogP contribution in [0.25, 0.3) is 11.3 Å². The molecular weight excluding hydrogens is 385 g/mol. The molecule has 0 spiro atoms. The van der Waals surface area contributed by atoms with E-state index >= 15 is 0 Å². The van der Waals surface area contributed by atoms with E-state index in [1.54, 1.807) is 11.5 Å². The lowest BCUT2D eigenvalue weighted by Crippen LogP contribution is -2.27. The number of carbonyl (C=O) groups is 1. The van der Waals surface area contributed by atoms with Gasteiger partial charge in [-0.15, -0.1) is 13.2 Å². The molecule has 1 aromatic heterocycles. The summed E-state index contributed by atoms with van der Waals surface area (Å²) in [5, 5.41) is 0. The molecule has 1 aliphatic rings. The van der Waals surface area contributed by atoms with Crippen LogP contribution >= 0.6 is 0 Å². The first-order chi connectivity index (χ1) is 12.9. The summed E-state index contributed by atoms with van der Waals surface area (Å²) in [6, 6.07) is 5.26. The fourth-order valence-corrected chi connectivity index (χ4v) is 3.18. The van der Waals surface area contributed by atoms with Crippen molar-refractivity contribution in [2.45, 2.75) is 45.6 Å². The van der Waals surface area contributed by atoms with Crippen molar-refractivity contribution in [3.63, 3.8) is 0 Å². The normalized spacial score (nSPS) is 14.5. The Labute approximate surface area is 157 Å². The van der Waals surface area contributed by atoms with Gasteiger partial charge in [-0.05, 0) is 44.5 Å². The lowest BCUT2D eigenvalue weighted by atomic mass is 10.1. The number of nitrogens with zero attached hydrogens (tertiary/aromatic N) is 3. The summed E-state index contributed by atoms with van der Waals surface area (Å²) >= 11 is 0. The summed E-state index contributed by atoms with van der Waals surface area (Å²) in [6.07, 6.45) is -4.96. The standard InChI is InChI=1S/C18H18F5N3O2/c1-11-14(12-4-6-13(7-5-12)28-18(21,22)23)26-10-25(16(27)15(26)24-11)9-3-8-17(2,19)20/h4-7H,3,8-10H2,1-2H3. The molecule has 0 bridgehead atoms. The van der Waals surface area contributed by atoms with E-state index in [-0.39, 0.29) is 43.5 Å². The minimum atomic E-state index is -4.78. The van der Waals surface area contributed by atoms with E-state index in [1.807, 2.05) is 0 Å². The van der Waals surface area contributed by atoms with Crippen LogP contribution in [0.4, 0.5) is 22.0 Å². The third kappa shape index (κ3) is 4.42.